The summed E-state index contributed by atoms with van der Waals surface area (Å²) in [7, 11) is 0. The molecule has 0 amide bonds. The number of aliphatic hydroxyl groups is 1. The van der Waals surface area contributed by atoms with Gasteiger partial charge in [0.2, 0.25) is 0 Å². The molecule has 0 aromatic heterocycles. The van der Waals surface area contributed by atoms with Gasteiger partial charge in [-0.15, -0.1) is 0 Å². The molecular formula is C11H14ClNO3. The van der Waals surface area contributed by atoms with Crippen molar-refractivity contribution in [3.63, 3.8) is 0 Å². The molecule has 16 heavy (non-hydrogen) atoms. The summed E-state index contributed by atoms with van der Waals surface area (Å²) >= 11 is 5.80. The molecule has 0 fully saturated rings. The Balaban J connectivity index is 3.05. The first kappa shape index (κ1) is 12.9. The molecule has 1 aromatic rings. The van der Waals surface area contributed by atoms with E-state index < -0.39 is 11.0 Å². The Bertz CT molecular complexity index is 406. The Morgan fingerprint density at radius 3 is 2.69 bits per heavy atom. The molecule has 1 rings (SSSR count). The first-order chi connectivity index (χ1) is 7.45. The summed E-state index contributed by atoms with van der Waals surface area (Å²) in [6.07, 6.45) is 0.685. The van der Waals surface area contributed by atoms with Crippen LogP contribution in [0.5, 0.6) is 0 Å². The molecule has 0 aliphatic carbocycles. The summed E-state index contributed by atoms with van der Waals surface area (Å²) < 4.78 is 0. The predicted molar refractivity (Wildman–Crippen MR) is 62.8 cm³/mol. The van der Waals surface area contributed by atoms with Crippen LogP contribution in [-0.2, 0) is 6.42 Å². The van der Waals surface area contributed by atoms with Gasteiger partial charge in [0.25, 0.3) is 5.69 Å². The molecule has 1 N–H and O–H groups in total. The molecule has 0 bridgehead atoms. The third-order valence-corrected chi connectivity index (χ3v) is 2.83. The molecule has 0 heterocycles. The second-order valence-electron chi connectivity index (χ2n) is 3.75. The number of benzene rings is 1. The van der Waals surface area contributed by atoms with Crippen LogP contribution in [0.4, 0.5) is 5.69 Å². The molecule has 0 radical (unpaired) electrons. The lowest BCUT2D eigenvalue weighted by atomic mass is 10.0. The van der Waals surface area contributed by atoms with Crippen LogP contribution in [0.25, 0.3) is 0 Å². The minimum atomic E-state index is -0.505. The van der Waals surface area contributed by atoms with E-state index in [9.17, 15) is 15.2 Å². The number of aryl methyl sites for hydroxylation is 1. The van der Waals surface area contributed by atoms with E-state index in [2.05, 4.69) is 0 Å². The monoisotopic (exact) mass is 243 g/mol. The summed E-state index contributed by atoms with van der Waals surface area (Å²) in [5, 5.41) is 20.3. The molecule has 0 saturated heterocycles. The Hall–Kier alpha value is -1.13. The third kappa shape index (κ3) is 2.93. The maximum atomic E-state index is 10.6. The fourth-order valence-corrected chi connectivity index (χ4v) is 1.72. The van der Waals surface area contributed by atoms with Crippen molar-refractivity contribution in [3.8, 4) is 0 Å². The van der Waals surface area contributed by atoms with Crippen molar-refractivity contribution in [2.45, 2.75) is 32.8 Å². The molecule has 1 atom stereocenters. The molecule has 88 valence electrons. The summed E-state index contributed by atoms with van der Waals surface area (Å²) in [4.78, 5) is 10.1. The fourth-order valence-electron chi connectivity index (χ4n) is 1.47. The van der Waals surface area contributed by atoms with Crippen LogP contribution in [0.2, 0.25) is 5.02 Å². The van der Waals surface area contributed by atoms with Crippen LogP contribution < -0.4 is 0 Å². The van der Waals surface area contributed by atoms with E-state index in [1.54, 1.807) is 13.0 Å². The van der Waals surface area contributed by atoms with Crippen molar-refractivity contribution < 1.29 is 10.0 Å². The Kier molecular flexibility index (Phi) is 4.26. The van der Waals surface area contributed by atoms with Crippen molar-refractivity contribution >= 4 is 17.3 Å². The zero-order valence-corrected chi connectivity index (χ0v) is 9.99. The van der Waals surface area contributed by atoms with E-state index in [1.165, 1.54) is 6.07 Å². The molecule has 5 heteroatoms. The molecule has 1 aromatic carbocycles. The van der Waals surface area contributed by atoms with Gasteiger partial charge in [-0.25, -0.2) is 0 Å². The van der Waals surface area contributed by atoms with Gasteiger partial charge in [0.1, 0.15) is 5.02 Å². The predicted octanol–water partition coefficient (Wildman–Crippen LogP) is 2.87. The number of nitro benzene ring substituents is 1. The number of nitrogens with zero attached hydrogens (tertiary/aromatic N) is 1. The van der Waals surface area contributed by atoms with Crippen molar-refractivity contribution in [2.24, 2.45) is 0 Å². The summed E-state index contributed by atoms with van der Waals surface area (Å²) in [6, 6.07) is 3.01. The second-order valence-corrected chi connectivity index (χ2v) is 4.16. The van der Waals surface area contributed by atoms with Crippen LogP contribution in [0.15, 0.2) is 12.1 Å². The number of hydrogen-bond acceptors (Lipinski definition) is 3. The molecule has 0 aliphatic rings. The smallest absolute Gasteiger partial charge is 0.288 e. The number of rotatable bonds is 4. The summed E-state index contributed by atoms with van der Waals surface area (Å²) in [5.74, 6) is 0. The van der Waals surface area contributed by atoms with Gasteiger partial charge in [0.05, 0.1) is 11.0 Å². The zero-order chi connectivity index (χ0) is 12.3. The van der Waals surface area contributed by atoms with Crippen LogP contribution in [0.3, 0.4) is 0 Å². The molecule has 1 unspecified atom stereocenters. The molecule has 0 aliphatic heterocycles. The van der Waals surface area contributed by atoms with Gasteiger partial charge in [-0.2, -0.15) is 0 Å². The van der Waals surface area contributed by atoms with Gasteiger partial charge in [-0.3, -0.25) is 10.1 Å². The van der Waals surface area contributed by atoms with Gasteiger partial charge < -0.3 is 5.11 Å². The van der Waals surface area contributed by atoms with Crippen molar-refractivity contribution in [2.75, 3.05) is 0 Å². The highest BCUT2D eigenvalue weighted by atomic mass is 35.5. The van der Waals surface area contributed by atoms with Gasteiger partial charge >= 0.3 is 0 Å². The number of halogens is 1. The van der Waals surface area contributed by atoms with Crippen molar-refractivity contribution in [1.82, 2.24) is 0 Å². The summed E-state index contributed by atoms with van der Waals surface area (Å²) in [6.45, 7) is 3.66. The quantitative estimate of drug-likeness (QED) is 0.653. The Morgan fingerprint density at radius 2 is 2.19 bits per heavy atom. The standard InChI is InChI=1S/C11H14ClNO3/c1-3-9(14)5-8-6-10(12)11(13(15)16)4-7(8)2/h4,6,9,14H,3,5H2,1-2H3. The van der Waals surface area contributed by atoms with Crippen LogP contribution in [0, 0.1) is 17.0 Å². The number of aliphatic hydroxyl groups excluding tert-OH is 1. The Labute approximate surface area is 99.0 Å². The van der Waals surface area contributed by atoms with Gasteiger partial charge in [0.15, 0.2) is 0 Å². The maximum Gasteiger partial charge on any atom is 0.288 e. The lowest BCUT2D eigenvalue weighted by Gasteiger charge is -2.10. The van der Waals surface area contributed by atoms with Crippen LogP contribution in [-0.4, -0.2) is 16.1 Å². The van der Waals surface area contributed by atoms with Crippen molar-refractivity contribution in [1.29, 1.82) is 0 Å². The van der Waals surface area contributed by atoms with Gasteiger partial charge in [0, 0.05) is 6.07 Å². The topological polar surface area (TPSA) is 63.4 Å². The normalized spacial score (nSPS) is 12.5. The first-order valence-electron chi connectivity index (χ1n) is 5.07. The zero-order valence-electron chi connectivity index (χ0n) is 9.24. The highest BCUT2D eigenvalue weighted by Crippen LogP contribution is 2.28. The minimum Gasteiger partial charge on any atom is -0.393 e. The lowest BCUT2D eigenvalue weighted by Crippen LogP contribution is -2.09. The minimum absolute atomic E-state index is 0.0890. The van der Waals surface area contributed by atoms with Gasteiger partial charge in [-0.05, 0) is 37.0 Å². The van der Waals surface area contributed by atoms with E-state index >= 15 is 0 Å². The highest BCUT2D eigenvalue weighted by molar-refractivity contribution is 6.32. The SMILES string of the molecule is CCC(O)Cc1cc(Cl)c([N+](=O)[O-])cc1C. The second kappa shape index (κ2) is 5.27. The van der Waals surface area contributed by atoms with Crippen molar-refractivity contribution in [3.05, 3.63) is 38.4 Å². The first-order valence-corrected chi connectivity index (χ1v) is 5.45. The number of hydrogen-bond donors (Lipinski definition) is 1. The van der Waals surface area contributed by atoms with E-state index in [-0.39, 0.29) is 10.7 Å². The average Bonchev–Trinajstić information content (AvgIpc) is 2.22. The fraction of sp³-hybridized carbons (Fsp3) is 0.455. The van der Waals surface area contributed by atoms with Gasteiger partial charge in [-0.1, -0.05) is 18.5 Å². The highest BCUT2D eigenvalue weighted by Gasteiger charge is 2.16. The molecule has 4 nitrogen and oxygen atoms in total. The average molecular weight is 244 g/mol. The van der Waals surface area contributed by atoms with E-state index in [0.717, 1.165) is 11.1 Å². The largest absolute Gasteiger partial charge is 0.393 e. The number of nitro groups is 1. The van der Waals surface area contributed by atoms with Crippen LogP contribution in [0.1, 0.15) is 24.5 Å². The third-order valence-electron chi connectivity index (χ3n) is 2.53. The van der Waals surface area contributed by atoms with E-state index in [4.69, 9.17) is 11.6 Å². The molecule has 0 spiro atoms. The van der Waals surface area contributed by atoms with E-state index in [0.29, 0.717) is 12.8 Å². The molecular weight excluding hydrogens is 230 g/mol. The van der Waals surface area contributed by atoms with Crippen LogP contribution >= 0.6 is 11.6 Å². The summed E-state index contributed by atoms with van der Waals surface area (Å²) in [5.41, 5.74) is 1.54. The maximum absolute atomic E-state index is 10.6. The van der Waals surface area contributed by atoms with E-state index in [1.807, 2.05) is 6.92 Å². The lowest BCUT2D eigenvalue weighted by molar-refractivity contribution is -0.384. The molecule has 0 saturated carbocycles. The Morgan fingerprint density at radius 1 is 1.56 bits per heavy atom.